The zero-order valence-electron chi connectivity index (χ0n) is 11.7. The standard InChI is InChI=1S/C14H20N2O4S/c17-9-11-4-3-7-16(8-11)21(18,19)15-13-10-20-14-6-2-1-5-12(13)14/h1-2,5-6,11,13,15,17H,3-4,7-10H2. The van der Waals surface area contributed by atoms with Crippen molar-refractivity contribution in [2.45, 2.75) is 18.9 Å². The number of aliphatic hydroxyl groups is 1. The van der Waals surface area contributed by atoms with Crippen molar-refractivity contribution in [1.29, 1.82) is 0 Å². The zero-order chi connectivity index (χ0) is 14.9. The van der Waals surface area contributed by atoms with Crippen molar-refractivity contribution in [1.82, 2.24) is 9.03 Å². The van der Waals surface area contributed by atoms with E-state index in [1.807, 2.05) is 24.3 Å². The maximum atomic E-state index is 12.5. The molecule has 0 radical (unpaired) electrons. The summed E-state index contributed by atoms with van der Waals surface area (Å²) in [5, 5.41) is 9.23. The molecule has 0 aromatic heterocycles. The first-order valence-electron chi connectivity index (χ1n) is 7.20. The van der Waals surface area contributed by atoms with Crippen LogP contribution in [0.2, 0.25) is 0 Å². The van der Waals surface area contributed by atoms with E-state index in [9.17, 15) is 13.5 Å². The van der Waals surface area contributed by atoms with Crippen LogP contribution in [0.25, 0.3) is 0 Å². The first kappa shape index (κ1) is 14.8. The number of para-hydroxylation sites is 1. The normalized spacial score (nSPS) is 26.3. The van der Waals surface area contributed by atoms with E-state index < -0.39 is 10.2 Å². The van der Waals surface area contributed by atoms with Gasteiger partial charge in [-0.15, -0.1) is 0 Å². The number of hydrogen-bond donors (Lipinski definition) is 2. The summed E-state index contributed by atoms with van der Waals surface area (Å²) in [6.45, 7) is 1.22. The van der Waals surface area contributed by atoms with Crippen LogP contribution in [0.3, 0.4) is 0 Å². The van der Waals surface area contributed by atoms with Crippen LogP contribution in [0.5, 0.6) is 5.75 Å². The number of nitrogens with zero attached hydrogens (tertiary/aromatic N) is 1. The van der Waals surface area contributed by atoms with Crippen LogP contribution in [0, 0.1) is 5.92 Å². The van der Waals surface area contributed by atoms with E-state index in [1.165, 1.54) is 4.31 Å². The summed E-state index contributed by atoms with van der Waals surface area (Å²) in [4.78, 5) is 0. The first-order valence-corrected chi connectivity index (χ1v) is 8.64. The summed E-state index contributed by atoms with van der Waals surface area (Å²) in [5.41, 5.74) is 0.872. The van der Waals surface area contributed by atoms with Gasteiger partial charge in [0.05, 0.1) is 6.04 Å². The fraction of sp³-hybridized carbons (Fsp3) is 0.571. The van der Waals surface area contributed by atoms with E-state index in [0.717, 1.165) is 24.2 Å². The second-order valence-corrected chi connectivity index (χ2v) is 7.28. The third-order valence-corrected chi connectivity index (χ3v) is 5.66. The number of benzene rings is 1. The van der Waals surface area contributed by atoms with Crippen molar-refractivity contribution in [3.8, 4) is 5.75 Å². The van der Waals surface area contributed by atoms with Gasteiger partial charge < -0.3 is 9.84 Å². The molecule has 7 heteroatoms. The van der Waals surface area contributed by atoms with Gasteiger partial charge in [-0.25, -0.2) is 0 Å². The topological polar surface area (TPSA) is 78.9 Å². The molecule has 116 valence electrons. The minimum Gasteiger partial charge on any atom is -0.491 e. The number of aliphatic hydroxyl groups excluding tert-OH is 1. The van der Waals surface area contributed by atoms with Gasteiger partial charge in [0.25, 0.3) is 10.2 Å². The summed E-state index contributed by atoms with van der Waals surface area (Å²) >= 11 is 0. The molecule has 0 saturated carbocycles. The van der Waals surface area contributed by atoms with Crippen LogP contribution in [-0.2, 0) is 10.2 Å². The molecule has 0 amide bonds. The maximum Gasteiger partial charge on any atom is 0.280 e. The number of hydrogen-bond acceptors (Lipinski definition) is 4. The lowest BCUT2D eigenvalue weighted by molar-refractivity contribution is 0.164. The molecule has 2 atom stereocenters. The molecule has 3 rings (SSSR count). The Morgan fingerprint density at radius 1 is 1.38 bits per heavy atom. The van der Waals surface area contributed by atoms with Gasteiger partial charge >= 0.3 is 0 Å². The van der Waals surface area contributed by atoms with E-state index in [-0.39, 0.29) is 18.6 Å². The summed E-state index contributed by atoms with van der Waals surface area (Å²) in [5.74, 6) is 0.763. The second-order valence-electron chi connectivity index (χ2n) is 5.57. The third-order valence-electron chi connectivity index (χ3n) is 4.07. The van der Waals surface area contributed by atoms with Crippen LogP contribution in [-0.4, -0.2) is 44.1 Å². The lowest BCUT2D eigenvalue weighted by atomic mass is 10.0. The van der Waals surface area contributed by atoms with Gasteiger partial charge in [0.2, 0.25) is 0 Å². The lowest BCUT2D eigenvalue weighted by Gasteiger charge is -2.31. The summed E-state index contributed by atoms with van der Waals surface area (Å²) in [6, 6.07) is 7.11. The predicted molar refractivity (Wildman–Crippen MR) is 78.1 cm³/mol. The Balaban J connectivity index is 1.72. The fourth-order valence-electron chi connectivity index (χ4n) is 2.91. The molecule has 6 nitrogen and oxygen atoms in total. The summed E-state index contributed by atoms with van der Waals surface area (Å²) in [6.07, 6.45) is 1.65. The highest BCUT2D eigenvalue weighted by atomic mass is 32.2. The quantitative estimate of drug-likeness (QED) is 0.856. The molecule has 1 saturated heterocycles. The molecule has 2 aliphatic rings. The number of nitrogens with one attached hydrogen (secondary N) is 1. The minimum atomic E-state index is -3.56. The van der Waals surface area contributed by atoms with Gasteiger partial charge in [0.1, 0.15) is 12.4 Å². The van der Waals surface area contributed by atoms with Crippen LogP contribution in [0.15, 0.2) is 24.3 Å². The fourth-order valence-corrected chi connectivity index (χ4v) is 4.39. The molecule has 1 fully saturated rings. The molecule has 21 heavy (non-hydrogen) atoms. The first-order chi connectivity index (χ1) is 10.1. The number of ether oxygens (including phenoxy) is 1. The average molecular weight is 312 g/mol. The minimum absolute atomic E-state index is 0.0292. The molecule has 1 aromatic rings. The van der Waals surface area contributed by atoms with Crippen molar-refractivity contribution in [3.05, 3.63) is 29.8 Å². The monoisotopic (exact) mass is 312 g/mol. The molecular formula is C14H20N2O4S. The van der Waals surface area contributed by atoms with Crippen LogP contribution >= 0.6 is 0 Å². The molecule has 0 spiro atoms. The molecule has 2 aliphatic heterocycles. The van der Waals surface area contributed by atoms with Crippen LogP contribution < -0.4 is 9.46 Å². The number of rotatable bonds is 4. The Morgan fingerprint density at radius 2 is 2.19 bits per heavy atom. The van der Waals surface area contributed by atoms with Crippen LogP contribution in [0.4, 0.5) is 0 Å². The predicted octanol–water partition coefficient (Wildman–Crippen LogP) is 0.659. The Bertz CT molecular complexity index is 605. The van der Waals surface area contributed by atoms with E-state index >= 15 is 0 Å². The van der Waals surface area contributed by atoms with E-state index in [0.29, 0.717) is 19.7 Å². The van der Waals surface area contributed by atoms with Gasteiger partial charge in [0, 0.05) is 25.3 Å². The van der Waals surface area contributed by atoms with Gasteiger partial charge in [-0.05, 0) is 24.8 Å². The molecule has 0 bridgehead atoms. The number of fused-ring (bicyclic) bond motifs is 1. The Morgan fingerprint density at radius 3 is 3.00 bits per heavy atom. The van der Waals surface area contributed by atoms with Gasteiger partial charge in [-0.2, -0.15) is 17.4 Å². The molecule has 1 aromatic carbocycles. The summed E-state index contributed by atoms with van der Waals surface area (Å²) < 4.78 is 34.6. The van der Waals surface area contributed by atoms with Crippen molar-refractivity contribution in [3.63, 3.8) is 0 Å². The highest BCUT2D eigenvalue weighted by Crippen LogP contribution is 2.32. The SMILES string of the molecule is O=S(=O)(NC1COc2ccccc21)N1CCCC(CO)C1. The Labute approximate surface area is 124 Å². The number of piperidine rings is 1. The molecule has 2 N–H and O–H groups in total. The summed E-state index contributed by atoms with van der Waals surface area (Å²) in [7, 11) is -3.56. The maximum absolute atomic E-state index is 12.5. The van der Waals surface area contributed by atoms with Gasteiger partial charge in [-0.1, -0.05) is 18.2 Å². The van der Waals surface area contributed by atoms with Crippen molar-refractivity contribution in [2.24, 2.45) is 5.92 Å². The van der Waals surface area contributed by atoms with Gasteiger partial charge in [0.15, 0.2) is 0 Å². The second kappa shape index (κ2) is 5.92. The van der Waals surface area contributed by atoms with E-state index in [1.54, 1.807) is 0 Å². The smallest absolute Gasteiger partial charge is 0.280 e. The molecule has 2 heterocycles. The third kappa shape index (κ3) is 3.06. The average Bonchev–Trinajstić information content (AvgIpc) is 2.90. The largest absolute Gasteiger partial charge is 0.491 e. The molecular weight excluding hydrogens is 292 g/mol. The van der Waals surface area contributed by atoms with Crippen molar-refractivity contribution < 1.29 is 18.3 Å². The van der Waals surface area contributed by atoms with E-state index in [4.69, 9.17) is 4.74 Å². The highest BCUT2D eigenvalue weighted by Gasteiger charge is 2.33. The van der Waals surface area contributed by atoms with E-state index in [2.05, 4.69) is 4.72 Å². The lowest BCUT2D eigenvalue weighted by Crippen LogP contribution is -2.47. The van der Waals surface area contributed by atoms with Crippen molar-refractivity contribution in [2.75, 3.05) is 26.3 Å². The Kier molecular flexibility index (Phi) is 4.17. The van der Waals surface area contributed by atoms with Gasteiger partial charge in [-0.3, -0.25) is 0 Å². The Hall–Kier alpha value is -1.15. The van der Waals surface area contributed by atoms with Crippen molar-refractivity contribution >= 4 is 10.2 Å². The van der Waals surface area contributed by atoms with Crippen LogP contribution in [0.1, 0.15) is 24.4 Å². The molecule has 2 unspecified atom stereocenters. The zero-order valence-corrected chi connectivity index (χ0v) is 12.6. The molecule has 0 aliphatic carbocycles. The highest BCUT2D eigenvalue weighted by molar-refractivity contribution is 7.87.